The number of hydrogen-bond donors (Lipinski definition) is 2. The molecule has 0 atom stereocenters. The number of nitrogens with one attached hydrogen (secondary N) is 1. The van der Waals surface area contributed by atoms with Gasteiger partial charge in [-0.2, -0.15) is 0 Å². The maximum absolute atomic E-state index is 14.0. The van der Waals surface area contributed by atoms with Crippen molar-refractivity contribution in [2.75, 3.05) is 19.0 Å². The molecule has 0 bridgehead atoms. The number of phenolic OH excluding ortho intramolecular Hbond substituents is 1. The highest BCUT2D eigenvalue weighted by Crippen LogP contribution is 2.30. The predicted octanol–water partition coefficient (Wildman–Crippen LogP) is 3.13. The maximum atomic E-state index is 14.0. The Morgan fingerprint density at radius 3 is 2.71 bits per heavy atom. The number of benzene rings is 1. The fourth-order valence-corrected chi connectivity index (χ4v) is 1.88. The van der Waals surface area contributed by atoms with Crippen LogP contribution >= 0.6 is 0 Å². The first-order valence-electron chi connectivity index (χ1n) is 6.72. The molecular weight excluding hydrogens is 273 g/mol. The van der Waals surface area contributed by atoms with E-state index in [1.807, 2.05) is 6.92 Å². The Hall–Kier alpha value is -2.37. The molecule has 6 heteroatoms. The average molecular weight is 291 g/mol. The highest BCUT2D eigenvalue weighted by atomic mass is 19.1. The molecule has 21 heavy (non-hydrogen) atoms. The Bertz CT molecular complexity index is 647. The zero-order chi connectivity index (χ0) is 15.4. The van der Waals surface area contributed by atoms with Crippen molar-refractivity contribution in [3.63, 3.8) is 0 Å². The van der Waals surface area contributed by atoms with Gasteiger partial charge in [0.25, 0.3) is 0 Å². The van der Waals surface area contributed by atoms with Crippen LogP contribution in [0, 0.1) is 12.7 Å². The van der Waals surface area contributed by atoms with Crippen LogP contribution < -0.4 is 10.1 Å². The predicted molar refractivity (Wildman–Crippen MR) is 79.2 cm³/mol. The van der Waals surface area contributed by atoms with Crippen molar-refractivity contribution in [2.45, 2.75) is 20.3 Å². The molecule has 5 nitrogen and oxygen atoms in total. The standard InChI is InChI=1S/C15H18FN3O2/c1-4-7-17-15-13(16)9(2)18-14(19-15)10-5-6-12(21-3)11(20)8-10/h5-6,8,20H,4,7H2,1-3H3,(H,17,18,19). The summed E-state index contributed by atoms with van der Waals surface area (Å²) in [5.74, 6) is 0.426. The average Bonchev–Trinajstić information content (AvgIpc) is 2.48. The van der Waals surface area contributed by atoms with Gasteiger partial charge in [-0.15, -0.1) is 0 Å². The van der Waals surface area contributed by atoms with E-state index in [-0.39, 0.29) is 17.3 Å². The van der Waals surface area contributed by atoms with Crippen molar-refractivity contribution in [3.8, 4) is 22.9 Å². The molecule has 0 unspecified atom stereocenters. The quantitative estimate of drug-likeness (QED) is 0.886. The summed E-state index contributed by atoms with van der Waals surface area (Å²) in [5.41, 5.74) is 0.852. The van der Waals surface area contributed by atoms with E-state index in [1.165, 1.54) is 13.2 Å². The lowest BCUT2D eigenvalue weighted by atomic mass is 10.2. The molecule has 0 fully saturated rings. The number of anilines is 1. The highest BCUT2D eigenvalue weighted by molar-refractivity contribution is 5.62. The van der Waals surface area contributed by atoms with E-state index in [4.69, 9.17) is 4.74 Å². The molecule has 0 radical (unpaired) electrons. The monoisotopic (exact) mass is 291 g/mol. The number of ether oxygens (including phenoxy) is 1. The highest BCUT2D eigenvalue weighted by Gasteiger charge is 2.13. The third-order valence-electron chi connectivity index (χ3n) is 3.00. The fraction of sp³-hybridized carbons (Fsp3) is 0.333. The summed E-state index contributed by atoms with van der Waals surface area (Å²) >= 11 is 0. The minimum absolute atomic E-state index is 0.0105. The number of rotatable bonds is 5. The molecule has 0 amide bonds. The Labute approximate surface area is 122 Å². The summed E-state index contributed by atoms with van der Waals surface area (Å²) in [6, 6.07) is 4.83. The second-order valence-electron chi connectivity index (χ2n) is 4.61. The van der Waals surface area contributed by atoms with Crippen LogP contribution in [0.2, 0.25) is 0 Å². The molecule has 1 aromatic heterocycles. The van der Waals surface area contributed by atoms with Crippen LogP contribution in [0.25, 0.3) is 11.4 Å². The Kier molecular flexibility index (Phi) is 4.57. The number of hydrogen-bond acceptors (Lipinski definition) is 5. The van der Waals surface area contributed by atoms with E-state index in [1.54, 1.807) is 19.1 Å². The Morgan fingerprint density at radius 2 is 2.10 bits per heavy atom. The van der Waals surface area contributed by atoms with E-state index in [9.17, 15) is 9.50 Å². The molecule has 2 rings (SSSR count). The summed E-state index contributed by atoms with van der Waals surface area (Å²) in [4.78, 5) is 8.32. The lowest BCUT2D eigenvalue weighted by molar-refractivity contribution is 0.373. The number of phenols is 1. The Morgan fingerprint density at radius 1 is 1.33 bits per heavy atom. The van der Waals surface area contributed by atoms with Gasteiger partial charge in [-0.25, -0.2) is 14.4 Å². The van der Waals surface area contributed by atoms with Crippen molar-refractivity contribution in [1.82, 2.24) is 9.97 Å². The van der Waals surface area contributed by atoms with Gasteiger partial charge in [0, 0.05) is 12.1 Å². The summed E-state index contributed by atoms with van der Waals surface area (Å²) in [5, 5.41) is 12.8. The number of nitrogens with zero attached hydrogens (tertiary/aromatic N) is 2. The maximum Gasteiger partial charge on any atom is 0.186 e. The fourth-order valence-electron chi connectivity index (χ4n) is 1.88. The van der Waals surface area contributed by atoms with Gasteiger partial charge in [-0.3, -0.25) is 0 Å². The summed E-state index contributed by atoms with van der Waals surface area (Å²) < 4.78 is 19.0. The lowest BCUT2D eigenvalue weighted by Crippen LogP contribution is -2.08. The van der Waals surface area contributed by atoms with Gasteiger partial charge in [0.05, 0.1) is 12.8 Å². The molecule has 112 valence electrons. The van der Waals surface area contributed by atoms with Gasteiger partial charge in [0.2, 0.25) is 0 Å². The first kappa shape index (κ1) is 15.0. The molecular formula is C15H18FN3O2. The molecule has 0 aliphatic carbocycles. The number of halogens is 1. The van der Waals surface area contributed by atoms with Crippen molar-refractivity contribution in [3.05, 3.63) is 29.7 Å². The summed E-state index contributed by atoms with van der Waals surface area (Å²) in [7, 11) is 1.47. The molecule has 1 aromatic carbocycles. The zero-order valence-corrected chi connectivity index (χ0v) is 12.3. The topological polar surface area (TPSA) is 67.3 Å². The third kappa shape index (κ3) is 3.21. The van der Waals surface area contributed by atoms with Crippen molar-refractivity contribution < 1.29 is 14.2 Å². The minimum atomic E-state index is -0.454. The lowest BCUT2D eigenvalue weighted by Gasteiger charge is -2.10. The van der Waals surface area contributed by atoms with Gasteiger partial charge < -0.3 is 15.2 Å². The molecule has 0 saturated heterocycles. The van der Waals surface area contributed by atoms with E-state index in [2.05, 4.69) is 15.3 Å². The number of methoxy groups -OCH3 is 1. The molecule has 2 N–H and O–H groups in total. The van der Waals surface area contributed by atoms with Crippen LogP contribution in [-0.2, 0) is 0 Å². The van der Waals surface area contributed by atoms with E-state index in [0.29, 0.717) is 23.7 Å². The van der Waals surface area contributed by atoms with Crippen molar-refractivity contribution >= 4 is 5.82 Å². The number of aryl methyl sites for hydroxylation is 1. The van der Waals surface area contributed by atoms with E-state index >= 15 is 0 Å². The largest absolute Gasteiger partial charge is 0.504 e. The van der Waals surface area contributed by atoms with E-state index in [0.717, 1.165) is 6.42 Å². The molecule has 0 saturated carbocycles. The molecule has 0 aliphatic rings. The van der Waals surface area contributed by atoms with Crippen LogP contribution in [0.1, 0.15) is 19.0 Å². The van der Waals surface area contributed by atoms with Gasteiger partial charge in [0.1, 0.15) is 0 Å². The van der Waals surface area contributed by atoms with Gasteiger partial charge in [-0.1, -0.05) is 6.92 Å². The zero-order valence-electron chi connectivity index (χ0n) is 12.3. The van der Waals surface area contributed by atoms with Crippen LogP contribution in [0.5, 0.6) is 11.5 Å². The molecule has 0 spiro atoms. The van der Waals surface area contributed by atoms with Crippen LogP contribution in [0.15, 0.2) is 18.2 Å². The summed E-state index contributed by atoms with van der Waals surface area (Å²) in [6.45, 7) is 4.20. The molecule has 1 heterocycles. The minimum Gasteiger partial charge on any atom is -0.504 e. The van der Waals surface area contributed by atoms with Crippen molar-refractivity contribution in [2.24, 2.45) is 0 Å². The van der Waals surface area contributed by atoms with E-state index < -0.39 is 5.82 Å². The summed E-state index contributed by atoms with van der Waals surface area (Å²) in [6.07, 6.45) is 0.862. The smallest absolute Gasteiger partial charge is 0.186 e. The van der Waals surface area contributed by atoms with Crippen LogP contribution in [0.3, 0.4) is 0 Å². The number of aromatic nitrogens is 2. The van der Waals surface area contributed by atoms with Gasteiger partial charge >= 0.3 is 0 Å². The first-order valence-corrected chi connectivity index (χ1v) is 6.72. The van der Waals surface area contributed by atoms with Gasteiger partial charge in [-0.05, 0) is 31.5 Å². The number of aromatic hydroxyl groups is 1. The van der Waals surface area contributed by atoms with Crippen LogP contribution in [0.4, 0.5) is 10.2 Å². The van der Waals surface area contributed by atoms with Crippen LogP contribution in [-0.4, -0.2) is 28.7 Å². The third-order valence-corrected chi connectivity index (χ3v) is 3.00. The second-order valence-corrected chi connectivity index (χ2v) is 4.61. The first-order chi connectivity index (χ1) is 10.1. The molecule has 0 aliphatic heterocycles. The normalized spacial score (nSPS) is 10.5. The second kappa shape index (κ2) is 6.39. The SMILES string of the molecule is CCCNc1nc(-c2ccc(OC)c(O)c2)nc(C)c1F. The van der Waals surface area contributed by atoms with Crippen molar-refractivity contribution in [1.29, 1.82) is 0 Å². The molecule has 2 aromatic rings. The Balaban J connectivity index is 2.43. The van der Waals surface area contributed by atoms with Gasteiger partial charge in [0.15, 0.2) is 29.0 Å².